The first-order valence-corrected chi connectivity index (χ1v) is 9.19. The maximum Gasteiger partial charge on any atom is 0.144 e. The molecule has 3 N–H and O–H groups in total. The first-order chi connectivity index (χ1) is 14.1. The second-order valence-electron chi connectivity index (χ2n) is 6.75. The van der Waals surface area contributed by atoms with Gasteiger partial charge in [0.2, 0.25) is 0 Å². The molecule has 7 nitrogen and oxygen atoms in total. The van der Waals surface area contributed by atoms with Crippen molar-refractivity contribution in [1.29, 1.82) is 5.41 Å². The number of aromatic nitrogens is 2. The highest BCUT2D eigenvalue weighted by Crippen LogP contribution is 2.34. The van der Waals surface area contributed by atoms with E-state index in [2.05, 4.69) is 9.97 Å². The average molecular weight is 390 g/mol. The van der Waals surface area contributed by atoms with Crippen LogP contribution in [0.3, 0.4) is 0 Å². The predicted molar refractivity (Wildman–Crippen MR) is 112 cm³/mol. The Labute approximate surface area is 168 Å². The molecule has 0 saturated carbocycles. The van der Waals surface area contributed by atoms with Crippen LogP contribution in [0.1, 0.15) is 17.1 Å². The van der Waals surface area contributed by atoms with Crippen molar-refractivity contribution in [2.45, 2.75) is 6.42 Å². The van der Waals surface area contributed by atoms with Gasteiger partial charge in [-0.2, -0.15) is 0 Å². The Morgan fingerprint density at radius 1 is 1.10 bits per heavy atom. The molecule has 2 aromatic carbocycles. The van der Waals surface area contributed by atoms with Crippen molar-refractivity contribution >= 4 is 17.1 Å². The number of nitrogens with zero attached hydrogens (tertiary/aromatic N) is 2. The van der Waals surface area contributed by atoms with E-state index < -0.39 is 0 Å². The number of hydrogen-bond donors (Lipinski definition) is 3. The Kier molecular flexibility index (Phi) is 4.95. The molecule has 29 heavy (non-hydrogen) atoms. The van der Waals surface area contributed by atoms with E-state index in [1.165, 1.54) is 0 Å². The van der Waals surface area contributed by atoms with Gasteiger partial charge in [0.05, 0.1) is 32.0 Å². The minimum Gasteiger partial charge on any atom is -0.509 e. The fraction of sp³-hybridized carbons (Fsp3) is 0.182. The Balaban J connectivity index is 1.59. The second-order valence-corrected chi connectivity index (χ2v) is 6.75. The van der Waals surface area contributed by atoms with Crippen molar-refractivity contribution < 1.29 is 14.6 Å². The number of hydrogen-bond acceptors (Lipinski definition) is 5. The number of anilines is 1. The van der Waals surface area contributed by atoms with Gasteiger partial charge in [0.1, 0.15) is 28.9 Å². The van der Waals surface area contributed by atoms with Gasteiger partial charge < -0.3 is 24.5 Å². The third-order valence-electron chi connectivity index (χ3n) is 4.85. The molecular weight excluding hydrogens is 368 g/mol. The summed E-state index contributed by atoms with van der Waals surface area (Å²) in [6.45, 7) is 0.180. The second kappa shape index (κ2) is 7.71. The summed E-state index contributed by atoms with van der Waals surface area (Å²) in [5.74, 6) is 1.97. The van der Waals surface area contributed by atoms with Gasteiger partial charge >= 0.3 is 0 Å². The van der Waals surface area contributed by atoms with Crippen LogP contribution >= 0.6 is 0 Å². The zero-order chi connectivity index (χ0) is 20.4. The minimum absolute atomic E-state index is 0.0948. The third kappa shape index (κ3) is 3.67. The molecule has 3 aromatic rings. The van der Waals surface area contributed by atoms with E-state index in [9.17, 15) is 5.11 Å². The number of methoxy groups -OCH3 is 2. The standard InChI is InChI=1S/C22H22N4O3/c1-28-17-9-16(10-18(11-17)29-2)26-13-19(27)20(21(26)23)22-24-12-15(25-22)8-14-6-4-3-5-7-14/h3-7,9-12,23,27H,8,13H2,1-2H3,(H,24,25). The quantitative estimate of drug-likeness (QED) is 0.595. The van der Waals surface area contributed by atoms with Crippen molar-refractivity contribution in [1.82, 2.24) is 9.97 Å². The third-order valence-corrected chi connectivity index (χ3v) is 4.85. The molecule has 7 heteroatoms. The number of aliphatic hydroxyl groups is 1. The lowest BCUT2D eigenvalue weighted by Crippen LogP contribution is -2.26. The summed E-state index contributed by atoms with van der Waals surface area (Å²) in [5, 5.41) is 19.2. The van der Waals surface area contributed by atoms with Crippen LogP contribution in [0.2, 0.25) is 0 Å². The van der Waals surface area contributed by atoms with Gasteiger partial charge in [-0.1, -0.05) is 30.3 Å². The molecular formula is C22H22N4O3. The van der Waals surface area contributed by atoms with E-state index in [0.717, 1.165) is 11.3 Å². The van der Waals surface area contributed by atoms with Gasteiger partial charge in [-0.15, -0.1) is 0 Å². The van der Waals surface area contributed by atoms with E-state index in [0.29, 0.717) is 35.0 Å². The van der Waals surface area contributed by atoms with Crippen molar-refractivity contribution in [3.8, 4) is 11.5 Å². The minimum atomic E-state index is 0.0948. The number of rotatable bonds is 6. The molecule has 148 valence electrons. The highest BCUT2D eigenvalue weighted by Gasteiger charge is 2.31. The maximum absolute atomic E-state index is 10.6. The van der Waals surface area contributed by atoms with Crippen LogP contribution in [0, 0.1) is 5.41 Å². The van der Waals surface area contributed by atoms with E-state index in [-0.39, 0.29) is 18.1 Å². The number of aliphatic hydroxyl groups excluding tert-OH is 1. The van der Waals surface area contributed by atoms with Crippen molar-refractivity contribution in [3.05, 3.63) is 77.6 Å². The van der Waals surface area contributed by atoms with Crippen molar-refractivity contribution in [3.63, 3.8) is 0 Å². The largest absolute Gasteiger partial charge is 0.509 e. The van der Waals surface area contributed by atoms with Crippen LogP contribution in [0.25, 0.3) is 5.57 Å². The molecule has 1 aromatic heterocycles. The molecule has 0 aliphatic carbocycles. The number of aromatic amines is 1. The number of benzene rings is 2. The fourth-order valence-electron chi connectivity index (χ4n) is 3.39. The smallest absolute Gasteiger partial charge is 0.144 e. The van der Waals surface area contributed by atoms with Crippen LogP contribution in [-0.2, 0) is 6.42 Å². The van der Waals surface area contributed by atoms with Crippen molar-refractivity contribution in [2.24, 2.45) is 0 Å². The molecule has 0 unspecified atom stereocenters. The van der Waals surface area contributed by atoms with Gasteiger partial charge in [-0.25, -0.2) is 4.98 Å². The Morgan fingerprint density at radius 3 is 2.45 bits per heavy atom. The SMILES string of the molecule is COc1cc(OC)cc(N2CC(O)=C(c3ncc(Cc4ccccc4)[nH]3)C2=N)c1. The van der Waals surface area contributed by atoms with Gasteiger partial charge in [-0.05, 0) is 5.56 Å². The monoisotopic (exact) mass is 390 g/mol. The van der Waals surface area contributed by atoms with E-state index in [1.54, 1.807) is 43.5 Å². The van der Waals surface area contributed by atoms with Gasteiger partial charge in [0.25, 0.3) is 0 Å². The van der Waals surface area contributed by atoms with Crippen LogP contribution in [0.15, 0.2) is 60.5 Å². The molecule has 2 heterocycles. The topological polar surface area (TPSA) is 94.5 Å². The Hall–Kier alpha value is -3.74. The first kappa shape index (κ1) is 18.6. The van der Waals surface area contributed by atoms with E-state index in [4.69, 9.17) is 14.9 Å². The number of nitrogens with one attached hydrogen (secondary N) is 2. The number of H-pyrrole nitrogens is 1. The van der Waals surface area contributed by atoms with Crippen molar-refractivity contribution in [2.75, 3.05) is 25.7 Å². The van der Waals surface area contributed by atoms with Crippen LogP contribution < -0.4 is 14.4 Å². The molecule has 0 bridgehead atoms. The molecule has 0 fully saturated rings. The number of amidine groups is 1. The average Bonchev–Trinajstić information content (AvgIpc) is 3.31. The molecule has 0 amide bonds. The van der Waals surface area contributed by atoms with Gasteiger partial charge in [0, 0.05) is 36.5 Å². The summed E-state index contributed by atoms with van der Waals surface area (Å²) in [4.78, 5) is 9.33. The van der Waals surface area contributed by atoms with Crippen LogP contribution in [-0.4, -0.2) is 41.7 Å². The van der Waals surface area contributed by atoms with E-state index >= 15 is 0 Å². The molecule has 0 saturated heterocycles. The lowest BCUT2D eigenvalue weighted by atomic mass is 10.1. The summed E-state index contributed by atoms with van der Waals surface area (Å²) in [6, 6.07) is 15.4. The highest BCUT2D eigenvalue weighted by atomic mass is 16.5. The molecule has 0 spiro atoms. The Bertz CT molecular complexity index is 1050. The van der Waals surface area contributed by atoms with Gasteiger partial charge in [0.15, 0.2) is 0 Å². The highest BCUT2D eigenvalue weighted by molar-refractivity contribution is 6.30. The molecule has 0 atom stereocenters. The molecule has 1 aliphatic heterocycles. The summed E-state index contributed by atoms with van der Waals surface area (Å²) in [5.41, 5.74) is 3.17. The molecule has 1 aliphatic rings. The zero-order valence-electron chi connectivity index (χ0n) is 16.3. The zero-order valence-corrected chi connectivity index (χ0v) is 16.3. The summed E-state index contributed by atoms with van der Waals surface area (Å²) in [7, 11) is 3.15. The number of imidazole rings is 1. The molecule has 4 rings (SSSR count). The van der Waals surface area contributed by atoms with Crippen LogP contribution in [0.4, 0.5) is 5.69 Å². The first-order valence-electron chi connectivity index (χ1n) is 9.19. The Morgan fingerprint density at radius 2 is 1.79 bits per heavy atom. The fourth-order valence-corrected chi connectivity index (χ4v) is 3.39. The predicted octanol–water partition coefficient (Wildman–Crippen LogP) is 3.78. The molecule has 0 radical (unpaired) electrons. The number of ether oxygens (including phenoxy) is 2. The summed E-state index contributed by atoms with van der Waals surface area (Å²) < 4.78 is 10.6. The van der Waals surface area contributed by atoms with Gasteiger partial charge in [-0.3, -0.25) is 5.41 Å². The lowest BCUT2D eigenvalue weighted by molar-refractivity contribution is 0.394. The summed E-state index contributed by atoms with van der Waals surface area (Å²) >= 11 is 0. The van der Waals surface area contributed by atoms with Crippen LogP contribution in [0.5, 0.6) is 11.5 Å². The van der Waals surface area contributed by atoms with E-state index in [1.807, 2.05) is 30.3 Å². The summed E-state index contributed by atoms with van der Waals surface area (Å²) in [6.07, 6.45) is 2.44. The lowest BCUT2D eigenvalue weighted by Gasteiger charge is -2.20. The normalized spacial score (nSPS) is 13.9. The maximum atomic E-state index is 10.6.